The highest BCUT2D eigenvalue weighted by Crippen LogP contribution is 2.46. The van der Waals surface area contributed by atoms with Gasteiger partial charge >= 0.3 is 6.18 Å². The van der Waals surface area contributed by atoms with Crippen LogP contribution in [0.15, 0.2) is 55.0 Å². The number of aromatic nitrogens is 3. The van der Waals surface area contributed by atoms with Crippen LogP contribution in [0, 0.1) is 17.2 Å². The number of halogens is 3. The van der Waals surface area contributed by atoms with Crippen molar-refractivity contribution in [2.75, 3.05) is 11.9 Å². The molecule has 0 spiro atoms. The molecule has 2 aliphatic rings. The van der Waals surface area contributed by atoms with Gasteiger partial charge in [-0.3, -0.25) is 4.79 Å². The maximum atomic E-state index is 13.9. The molecule has 1 amide bonds. The molecule has 1 aliphatic carbocycles. The molecule has 3 heterocycles. The van der Waals surface area contributed by atoms with E-state index in [0.29, 0.717) is 40.8 Å². The molecule has 178 valence electrons. The van der Waals surface area contributed by atoms with Crippen molar-refractivity contribution < 1.29 is 18.0 Å². The average molecular weight is 478 g/mol. The number of hydrogen-bond acceptors (Lipinski definition) is 6. The van der Waals surface area contributed by atoms with Crippen molar-refractivity contribution in [2.24, 2.45) is 5.92 Å². The Bertz CT molecular complexity index is 1270. The number of likely N-dealkylation sites (tertiary alicyclic amines) is 1. The highest BCUT2D eigenvalue weighted by Gasteiger charge is 2.50. The Kier molecular flexibility index (Phi) is 5.84. The number of nitrogens with one attached hydrogen (secondary N) is 1. The summed E-state index contributed by atoms with van der Waals surface area (Å²) in [6.07, 6.45) is 2.19. The van der Waals surface area contributed by atoms with E-state index >= 15 is 0 Å². The number of benzene rings is 1. The number of nitrogens with zero attached hydrogens (tertiary/aromatic N) is 5. The lowest BCUT2D eigenvalue weighted by atomic mass is 9.97. The lowest BCUT2D eigenvalue weighted by molar-refractivity contribution is -0.137. The maximum absolute atomic E-state index is 13.9. The molecule has 2 fully saturated rings. The number of anilines is 1. The first-order valence-electron chi connectivity index (χ1n) is 11.3. The standard InChI is InChI=1S/C25H21F3N6O/c26-25(27,28)17-4-7-22(32-13-17)33-14-18-5-3-16-11-21(16)34(18)24(35)20-10-15(12-29)2-6-19(20)23-30-8-1-9-31-23/h1-2,4,6-10,13,16,18,21H,3,5,11,14H2,(H,32,33)/t16-,18-,21+/m0/s1. The summed E-state index contributed by atoms with van der Waals surface area (Å²) in [7, 11) is 0. The molecule has 7 nitrogen and oxygen atoms in total. The number of hydrogen-bond donors (Lipinski definition) is 1. The maximum Gasteiger partial charge on any atom is 0.417 e. The van der Waals surface area contributed by atoms with Gasteiger partial charge in [0.25, 0.3) is 5.91 Å². The molecular formula is C25H21F3N6O. The van der Waals surface area contributed by atoms with Crippen molar-refractivity contribution in [3.8, 4) is 17.5 Å². The fraction of sp³-hybridized carbons (Fsp3) is 0.320. The van der Waals surface area contributed by atoms with Crippen molar-refractivity contribution in [3.05, 3.63) is 71.7 Å². The number of rotatable bonds is 5. The summed E-state index contributed by atoms with van der Waals surface area (Å²) in [5, 5.41) is 12.5. The third-order valence-corrected chi connectivity index (χ3v) is 6.54. The highest BCUT2D eigenvalue weighted by atomic mass is 19.4. The van der Waals surface area contributed by atoms with E-state index in [-0.39, 0.29) is 18.0 Å². The molecule has 1 N–H and O–H groups in total. The number of amides is 1. The second kappa shape index (κ2) is 8.98. The van der Waals surface area contributed by atoms with E-state index in [9.17, 15) is 23.2 Å². The Hall–Kier alpha value is -4.00. The fourth-order valence-corrected chi connectivity index (χ4v) is 4.67. The van der Waals surface area contributed by atoms with E-state index in [2.05, 4.69) is 26.3 Å². The molecule has 1 aromatic carbocycles. The Morgan fingerprint density at radius 2 is 1.94 bits per heavy atom. The zero-order valence-electron chi connectivity index (χ0n) is 18.5. The molecule has 35 heavy (non-hydrogen) atoms. The lowest BCUT2D eigenvalue weighted by Crippen LogP contribution is -2.48. The first kappa shape index (κ1) is 22.8. The van der Waals surface area contributed by atoms with Gasteiger partial charge in [-0.2, -0.15) is 18.4 Å². The molecule has 5 rings (SSSR count). The summed E-state index contributed by atoms with van der Waals surface area (Å²) in [6, 6.07) is 10.9. The van der Waals surface area contributed by atoms with Gasteiger partial charge in [0.05, 0.1) is 22.8 Å². The number of piperidine rings is 1. The minimum absolute atomic E-state index is 0.0962. The van der Waals surface area contributed by atoms with Crippen LogP contribution in [0.2, 0.25) is 0 Å². The highest BCUT2D eigenvalue weighted by molar-refractivity contribution is 6.01. The third-order valence-electron chi connectivity index (χ3n) is 6.54. The van der Waals surface area contributed by atoms with Gasteiger partial charge in [0.2, 0.25) is 0 Å². The van der Waals surface area contributed by atoms with Crippen LogP contribution >= 0.6 is 0 Å². The molecule has 1 saturated heterocycles. The van der Waals surface area contributed by atoms with Crippen molar-refractivity contribution >= 4 is 11.7 Å². The molecule has 1 saturated carbocycles. The summed E-state index contributed by atoms with van der Waals surface area (Å²) in [5.74, 6) is 0.945. The summed E-state index contributed by atoms with van der Waals surface area (Å²) in [5.41, 5.74) is 0.460. The SMILES string of the molecule is N#Cc1ccc(-c2ncccn2)c(C(=O)N2[C@H](CNc3ccc(C(F)(F)F)cn3)CC[C@H]3C[C@H]32)c1. The van der Waals surface area contributed by atoms with Crippen LogP contribution in [-0.2, 0) is 6.18 Å². The molecule has 3 aromatic rings. The van der Waals surface area contributed by atoms with Crippen LogP contribution in [0.4, 0.5) is 19.0 Å². The monoisotopic (exact) mass is 478 g/mol. The third kappa shape index (κ3) is 4.67. The zero-order valence-corrected chi connectivity index (χ0v) is 18.5. The second-order valence-electron chi connectivity index (χ2n) is 8.76. The predicted octanol–water partition coefficient (Wildman–Crippen LogP) is 4.53. The fourth-order valence-electron chi connectivity index (χ4n) is 4.67. The first-order valence-corrected chi connectivity index (χ1v) is 11.3. The topological polar surface area (TPSA) is 94.8 Å². The van der Waals surface area contributed by atoms with Gasteiger partial charge in [-0.05, 0) is 61.6 Å². The largest absolute Gasteiger partial charge is 0.417 e. The molecule has 3 atom stereocenters. The van der Waals surface area contributed by atoms with Crippen LogP contribution in [0.3, 0.4) is 0 Å². The average Bonchev–Trinajstić information content (AvgIpc) is 3.66. The second-order valence-corrected chi connectivity index (χ2v) is 8.76. The first-order chi connectivity index (χ1) is 16.8. The van der Waals surface area contributed by atoms with E-state index in [0.717, 1.165) is 31.5 Å². The van der Waals surface area contributed by atoms with Crippen molar-refractivity contribution in [1.82, 2.24) is 19.9 Å². The smallest absolute Gasteiger partial charge is 0.368 e. The Morgan fingerprint density at radius 3 is 2.63 bits per heavy atom. The van der Waals surface area contributed by atoms with Crippen LogP contribution in [-0.4, -0.2) is 44.4 Å². The van der Waals surface area contributed by atoms with Gasteiger partial charge < -0.3 is 10.2 Å². The summed E-state index contributed by atoms with van der Waals surface area (Å²) < 4.78 is 38.5. The summed E-state index contributed by atoms with van der Waals surface area (Å²) in [6.45, 7) is 0.350. The number of fused-ring (bicyclic) bond motifs is 1. The van der Waals surface area contributed by atoms with Crippen molar-refractivity contribution in [1.29, 1.82) is 5.26 Å². The van der Waals surface area contributed by atoms with Gasteiger partial charge in [-0.15, -0.1) is 0 Å². The molecule has 0 bridgehead atoms. The lowest BCUT2D eigenvalue weighted by Gasteiger charge is -2.36. The van der Waals surface area contributed by atoms with Crippen LogP contribution in [0.25, 0.3) is 11.4 Å². The van der Waals surface area contributed by atoms with Gasteiger partial charge in [0.1, 0.15) is 5.82 Å². The van der Waals surface area contributed by atoms with E-state index in [1.54, 1.807) is 36.7 Å². The number of pyridine rings is 1. The molecule has 0 unspecified atom stereocenters. The van der Waals surface area contributed by atoms with Gasteiger partial charge in [0.15, 0.2) is 5.82 Å². The van der Waals surface area contributed by atoms with Crippen LogP contribution in [0.1, 0.15) is 40.7 Å². The van der Waals surface area contributed by atoms with Gasteiger partial charge in [-0.25, -0.2) is 15.0 Å². The summed E-state index contributed by atoms with van der Waals surface area (Å²) >= 11 is 0. The van der Waals surface area contributed by atoms with E-state index in [1.807, 2.05) is 4.90 Å². The molecule has 2 aromatic heterocycles. The minimum atomic E-state index is -4.45. The Morgan fingerprint density at radius 1 is 1.14 bits per heavy atom. The quantitative estimate of drug-likeness (QED) is 0.579. The number of carbonyl (C=O) groups excluding carboxylic acids is 1. The Labute approximate surface area is 199 Å². The van der Waals surface area contributed by atoms with Gasteiger partial charge in [-0.1, -0.05) is 0 Å². The molecule has 10 heteroatoms. The number of nitriles is 1. The van der Waals surface area contributed by atoms with Crippen molar-refractivity contribution in [2.45, 2.75) is 37.5 Å². The molecular weight excluding hydrogens is 457 g/mol. The van der Waals surface area contributed by atoms with Gasteiger partial charge in [0, 0.05) is 42.8 Å². The number of alkyl halides is 3. The van der Waals surface area contributed by atoms with Crippen LogP contribution in [0.5, 0.6) is 0 Å². The number of carbonyl (C=O) groups is 1. The Balaban J connectivity index is 1.40. The van der Waals surface area contributed by atoms with Crippen LogP contribution < -0.4 is 5.32 Å². The minimum Gasteiger partial charge on any atom is -0.368 e. The molecule has 0 radical (unpaired) electrons. The van der Waals surface area contributed by atoms with E-state index < -0.39 is 11.7 Å². The zero-order chi connectivity index (χ0) is 24.6. The van der Waals surface area contributed by atoms with E-state index in [4.69, 9.17) is 0 Å². The summed E-state index contributed by atoms with van der Waals surface area (Å²) in [4.78, 5) is 28.2. The van der Waals surface area contributed by atoms with E-state index in [1.165, 1.54) is 6.07 Å². The molecule has 1 aliphatic heterocycles. The van der Waals surface area contributed by atoms with Crippen molar-refractivity contribution in [3.63, 3.8) is 0 Å². The predicted molar refractivity (Wildman–Crippen MR) is 121 cm³/mol. The normalized spacial score (nSPS) is 21.1.